The van der Waals surface area contributed by atoms with Crippen molar-refractivity contribution in [2.45, 2.75) is 32.2 Å². The molecule has 72 valence electrons. The third-order valence-electron chi connectivity index (χ3n) is 2.48. The van der Waals surface area contributed by atoms with Gasteiger partial charge in [-0.25, -0.2) is 0 Å². The molecule has 0 unspecified atom stereocenters. The Morgan fingerprint density at radius 3 is 2.62 bits per heavy atom. The normalized spacial score (nSPS) is 12.5. The average molecular weight is 181 g/mol. The van der Waals surface area contributed by atoms with Crippen LogP contribution in [-0.2, 0) is 5.54 Å². The molecule has 1 rings (SSSR count). The van der Waals surface area contributed by atoms with Crippen LogP contribution in [0.5, 0.6) is 0 Å². The third-order valence-corrected chi connectivity index (χ3v) is 2.48. The quantitative estimate of drug-likeness (QED) is 0.438. The molecule has 0 fully saturated rings. The van der Waals surface area contributed by atoms with Gasteiger partial charge < -0.3 is 5.21 Å². The zero-order valence-electron chi connectivity index (χ0n) is 8.01. The van der Waals surface area contributed by atoms with E-state index in [2.05, 4.69) is 10.3 Å². The van der Waals surface area contributed by atoms with Gasteiger partial charge in [0.05, 0.1) is 6.21 Å². The predicted molar refractivity (Wildman–Crippen MR) is 51.1 cm³/mol. The highest BCUT2D eigenvalue weighted by Gasteiger charge is 2.26. The van der Waals surface area contributed by atoms with E-state index in [1.807, 2.05) is 30.8 Å². The molecule has 13 heavy (non-hydrogen) atoms. The van der Waals surface area contributed by atoms with Crippen molar-refractivity contribution in [3.63, 3.8) is 0 Å². The number of aromatic nitrogens is 2. The summed E-state index contributed by atoms with van der Waals surface area (Å²) in [7, 11) is 0. The van der Waals surface area contributed by atoms with Crippen LogP contribution in [0.2, 0.25) is 0 Å². The summed E-state index contributed by atoms with van der Waals surface area (Å²) < 4.78 is 1.83. The minimum Gasteiger partial charge on any atom is -0.411 e. The summed E-state index contributed by atoms with van der Waals surface area (Å²) in [5.74, 6) is 0. The lowest BCUT2D eigenvalue weighted by Crippen LogP contribution is -2.34. The monoisotopic (exact) mass is 181 g/mol. The van der Waals surface area contributed by atoms with Crippen molar-refractivity contribution < 1.29 is 5.21 Å². The third kappa shape index (κ3) is 1.71. The summed E-state index contributed by atoms with van der Waals surface area (Å²) in [6.07, 6.45) is 6.87. The van der Waals surface area contributed by atoms with Crippen molar-refractivity contribution in [1.29, 1.82) is 0 Å². The van der Waals surface area contributed by atoms with E-state index >= 15 is 0 Å². The van der Waals surface area contributed by atoms with Crippen molar-refractivity contribution in [2.75, 3.05) is 0 Å². The standard InChI is InChI=1S/C9H15N3O/c1-3-9(4-2,8-11-13)12-7-5-6-10-12/h5-8,13H,3-4H2,1-2H3. The molecule has 0 atom stereocenters. The number of oxime groups is 1. The molecule has 1 heterocycles. The smallest absolute Gasteiger partial charge is 0.100 e. The molecule has 0 aliphatic rings. The topological polar surface area (TPSA) is 50.4 Å². The fourth-order valence-corrected chi connectivity index (χ4v) is 1.46. The van der Waals surface area contributed by atoms with Gasteiger partial charge in [-0.15, -0.1) is 0 Å². The lowest BCUT2D eigenvalue weighted by molar-refractivity contribution is 0.294. The van der Waals surface area contributed by atoms with E-state index in [4.69, 9.17) is 5.21 Å². The Bertz CT molecular complexity index is 262. The molecule has 0 radical (unpaired) electrons. The van der Waals surface area contributed by atoms with E-state index < -0.39 is 0 Å². The molecule has 1 aromatic rings. The van der Waals surface area contributed by atoms with Gasteiger partial charge in [0.25, 0.3) is 0 Å². The molecular weight excluding hydrogens is 166 g/mol. The van der Waals surface area contributed by atoms with E-state index in [1.165, 1.54) is 0 Å². The first-order valence-electron chi connectivity index (χ1n) is 4.47. The molecule has 0 aromatic carbocycles. The van der Waals surface area contributed by atoms with Gasteiger partial charge >= 0.3 is 0 Å². The Hall–Kier alpha value is -1.32. The van der Waals surface area contributed by atoms with Crippen molar-refractivity contribution >= 4 is 6.21 Å². The van der Waals surface area contributed by atoms with Crippen molar-refractivity contribution in [3.8, 4) is 0 Å². The van der Waals surface area contributed by atoms with Gasteiger partial charge in [0, 0.05) is 12.4 Å². The first-order chi connectivity index (χ1) is 6.29. The highest BCUT2D eigenvalue weighted by atomic mass is 16.4. The Kier molecular flexibility index (Phi) is 3.06. The fraction of sp³-hybridized carbons (Fsp3) is 0.556. The Labute approximate surface area is 77.9 Å². The summed E-state index contributed by atoms with van der Waals surface area (Å²) in [4.78, 5) is 0. The van der Waals surface area contributed by atoms with Crippen LogP contribution in [0.4, 0.5) is 0 Å². The maximum atomic E-state index is 8.59. The number of hydrogen-bond donors (Lipinski definition) is 1. The van der Waals surface area contributed by atoms with E-state index in [-0.39, 0.29) is 5.54 Å². The summed E-state index contributed by atoms with van der Waals surface area (Å²) in [5, 5.41) is 15.9. The Morgan fingerprint density at radius 2 is 2.23 bits per heavy atom. The molecule has 0 bridgehead atoms. The molecule has 0 spiro atoms. The first-order valence-corrected chi connectivity index (χ1v) is 4.47. The molecule has 4 nitrogen and oxygen atoms in total. The molecule has 1 N–H and O–H groups in total. The molecule has 1 aromatic heterocycles. The highest BCUT2D eigenvalue weighted by Crippen LogP contribution is 2.21. The largest absolute Gasteiger partial charge is 0.411 e. The summed E-state index contributed by atoms with van der Waals surface area (Å²) in [6, 6.07) is 1.87. The van der Waals surface area contributed by atoms with Crippen molar-refractivity contribution in [2.24, 2.45) is 5.16 Å². The SMILES string of the molecule is CCC(C=NO)(CC)n1cccn1. The minimum absolute atomic E-state index is 0.280. The lowest BCUT2D eigenvalue weighted by Gasteiger charge is -2.26. The van der Waals surface area contributed by atoms with Gasteiger partial charge in [-0.2, -0.15) is 5.10 Å². The van der Waals surface area contributed by atoms with E-state index in [0.717, 1.165) is 12.8 Å². The van der Waals surface area contributed by atoms with Crippen molar-refractivity contribution in [3.05, 3.63) is 18.5 Å². The summed E-state index contributed by atoms with van der Waals surface area (Å²) in [5.41, 5.74) is -0.280. The highest BCUT2D eigenvalue weighted by molar-refractivity contribution is 5.67. The lowest BCUT2D eigenvalue weighted by atomic mass is 9.95. The maximum absolute atomic E-state index is 8.59. The first kappa shape index (κ1) is 9.77. The van der Waals surface area contributed by atoms with Crippen molar-refractivity contribution in [1.82, 2.24) is 9.78 Å². The Balaban J connectivity index is 3.03. The number of nitrogens with zero attached hydrogens (tertiary/aromatic N) is 3. The van der Waals surface area contributed by atoms with Crippen LogP contribution in [-0.4, -0.2) is 21.2 Å². The molecule has 0 aliphatic heterocycles. The zero-order valence-corrected chi connectivity index (χ0v) is 8.01. The average Bonchev–Trinajstić information content (AvgIpc) is 2.68. The van der Waals surface area contributed by atoms with Crippen LogP contribution < -0.4 is 0 Å². The van der Waals surface area contributed by atoms with Gasteiger partial charge in [0.2, 0.25) is 0 Å². The molecule has 0 saturated carbocycles. The van der Waals surface area contributed by atoms with Crippen LogP contribution in [0, 0.1) is 0 Å². The predicted octanol–water partition coefficient (Wildman–Crippen LogP) is 1.86. The van der Waals surface area contributed by atoms with Gasteiger partial charge in [0.1, 0.15) is 5.54 Å². The molecule has 4 heteroatoms. The van der Waals surface area contributed by atoms with E-state index in [0.29, 0.717) is 0 Å². The number of rotatable bonds is 4. The van der Waals surface area contributed by atoms with Gasteiger partial charge in [-0.1, -0.05) is 19.0 Å². The van der Waals surface area contributed by atoms with Crippen LogP contribution in [0.15, 0.2) is 23.6 Å². The van der Waals surface area contributed by atoms with E-state index in [9.17, 15) is 0 Å². The second-order valence-corrected chi connectivity index (χ2v) is 3.01. The van der Waals surface area contributed by atoms with Crippen LogP contribution in [0.25, 0.3) is 0 Å². The van der Waals surface area contributed by atoms with Crippen LogP contribution in [0.3, 0.4) is 0 Å². The molecule has 0 amide bonds. The molecule has 0 saturated heterocycles. The van der Waals surface area contributed by atoms with Gasteiger partial charge in [-0.05, 0) is 18.9 Å². The minimum atomic E-state index is -0.280. The van der Waals surface area contributed by atoms with Gasteiger partial charge in [0.15, 0.2) is 0 Å². The fourth-order valence-electron chi connectivity index (χ4n) is 1.46. The van der Waals surface area contributed by atoms with Gasteiger partial charge in [-0.3, -0.25) is 4.68 Å². The molecule has 0 aliphatic carbocycles. The molecular formula is C9H15N3O. The maximum Gasteiger partial charge on any atom is 0.100 e. The second-order valence-electron chi connectivity index (χ2n) is 3.01. The summed E-state index contributed by atoms with van der Waals surface area (Å²) >= 11 is 0. The summed E-state index contributed by atoms with van der Waals surface area (Å²) in [6.45, 7) is 4.10. The Morgan fingerprint density at radius 1 is 1.54 bits per heavy atom. The van der Waals surface area contributed by atoms with Crippen LogP contribution in [0.1, 0.15) is 26.7 Å². The number of hydrogen-bond acceptors (Lipinski definition) is 3. The van der Waals surface area contributed by atoms with E-state index in [1.54, 1.807) is 12.4 Å². The van der Waals surface area contributed by atoms with Crippen LogP contribution >= 0.6 is 0 Å². The zero-order chi connectivity index (χ0) is 9.73. The second kappa shape index (κ2) is 4.07.